The standard InChI is InChI=1S/C22H31N3O3/c1-14(2)11-19-12-17(23-16(4)26)13-20(28-19)21-15(3)24(5)25(22(21)27)18-9-7-6-8-10-18/h6-10,14,17,19-20H,11-13H2,1-5H3,(H,23,26)/t17-,19+,20+/m1/s1. The predicted octanol–water partition coefficient (Wildman–Crippen LogP) is 3.26. The molecule has 28 heavy (non-hydrogen) atoms. The largest absolute Gasteiger partial charge is 0.370 e. The first-order valence-corrected chi connectivity index (χ1v) is 10.0. The van der Waals surface area contributed by atoms with E-state index in [0.717, 1.165) is 24.2 Å². The van der Waals surface area contributed by atoms with Crippen LogP contribution in [0.25, 0.3) is 5.69 Å². The van der Waals surface area contributed by atoms with Gasteiger partial charge < -0.3 is 10.1 Å². The third-order valence-electron chi connectivity index (χ3n) is 5.47. The van der Waals surface area contributed by atoms with Crippen molar-refractivity contribution in [3.8, 4) is 5.69 Å². The predicted molar refractivity (Wildman–Crippen MR) is 110 cm³/mol. The Bertz CT molecular complexity index is 882. The highest BCUT2D eigenvalue weighted by Gasteiger charge is 2.35. The van der Waals surface area contributed by atoms with Crippen LogP contribution < -0.4 is 10.9 Å². The molecule has 1 saturated heterocycles. The molecule has 3 rings (SSSR count). The number of para-hydroxylation sites is 1. The van der Waals surface area contributed by atoms with Gasteiger partial charge in [0, 0.05) is 25.7 Å². The van der Waals surface area contributed by atoms with E-state index in [-0.39, 0.29) is 29.7 Å². The third-order valence-corrected chi connectivity index (χ3v) is 5.47. The van der Waals surface area contributed by atoms with Crippen molar-refractivity contribution in [2.24, 2.45) is 13.0 Å². The molecule has 6 nitrogen and oxygen atoms in total. The molecule has 0 aliphatic carbocycles. The number of rotatable bonds is 5. The molecular formula is C22H31N3O3. The molecule has 1 N–H and O–H groups in total. The first-order valence-electron chi connectivity index (χ1n) is 10.0. The summed E-state index contributed by atoms with van der Waals surface area (Å²) >= 11 is 0. The summed E-state index contributed by atoms with van der Waals surface area (Å²) in [4.78, 5) is 25.0. The van der Waals surface area contributed by atoms with Crippen molar-refractivity contribution in [2.45, 2.75) is 65.2 Å². The lowest BCUT2D eigenvalue weighted by molar-refractivity contribution is -0.122. The van der Waals surface area contributed by atoms with E-state index >= 15 is 0 Å². The van der Waals surface area contributed by atoms with Crippen molar-refractivity contribution >= 4 is 5.91 Å². The highest BCUT2D eigenvalue weighted by Crippen LogP contribution is 2.34. The molecule has 1 aliphatic rings. The second-order valence-corrected chi connectivity index (χ2v) is 8.22. The molecule has 0 radical (unpaired) electrons. The molecular weight excluding hydrogens is 354 g/mol. The number of nitrogens with one attached hydrogen (secondary N) is 1. The van der Waals surface area contributed by atoms with E-state index in [1.165, 1.54) is 6.92 Å². The van der Waals surface area contributed by atoms with Crippen LogP contribution in [0.4, 0.5) is 0 Å². The van der Waals surface area contributed by atoms with Crippen molar-refractivity contribution in [1.29, 1.82) is 0 Å². The van der Waals surface area contributed by atoms with Gasteiger partial charge in [0.25, 0.3) is 5.56 Å². The van der Waals surface area contributed by atoms with Gasteiger partial charge in [-0.3, -0.25) is 14.3 Å². The molecule has 3 atom stereocenters. The van der Waals surface area contributed by atoms with E-state index in [0.29, 0.717) is 17.9 Å². The monoisotopic (exact) mass is 385 g/mol. The first kappa shape index (κ1) is 20.4. The molecule has 0 bridgehead atoms. The van der Waals surface area contributed by atoms with Gasteiger partial charge in [0.05, 0.1) is 23.5 Å². The second-order valence-electron chi connectivity index (χ2n) is 8.22. The topological polar surface area (TPSA) is 65.3 Å². The Balaban J connectivity index is 1.99. The Morgan fingerprint density at radius 2 is 1.93 bits per heavy atom. The van der Waals surface area contributed by atoms with Gasteiger partial charge >= 0.3 is 0 Å². The van der Waals surface area contributed by atoms with Crippen molar-refractivity contribution in [3.63, 3.8) is 0 Å². The fourth-order valence-electron chi connectivity index (χ4n) is 4.24. The lowest BCUT2D eigenvalue weighted by atomic mass is 9.90. The highest BCUT2D eigenvalue weighted by molar-refractivity contribution is 5.73. The number of carbonyl (C=O) groups is 1. The zero-order valence-electron chi connectivity index (χ0n) is 17.4. The van der Waals surface area contributed by atoms with E-state index in [9.17, 15) is 9.59 Å². The van der Waals surface area contributed by atoms with Gasteiger partial charge in [-0.15, -0.1) is 0 Å². The highest BCUT2D eigenvalue weighted by atomic mass is 16.5. The van der Waals surface area contributed by atoms with Crippen LogP contribution in [-0.2, 0) is 16.6 Å². The molecule has 0 saturated carbocycles. The number of hydrogen-bond acceptors (Lipinski definition) is 3. The number of aromatic nitrogens is 2. The normalized spacial score (nSPS) is 22.4. The summed E-state index contributed by atoms with van der Waals surface area (Å²) in [5.41, 5.74) is 2.36. The Morgan fingerprint density at radius 1 is 1.25 bits per heavy atom. The van der Waals surface area contributed by atoms with E-state index in [2.05, 4.69) is 19.2 Å². The molecule has 1 aromatic carbocycles. The maximum absolute atomic E-state index is 13.3. The molecule has 1 amide bonds. The number of benzene rings is 1. The molecule has 2 heterocycles. The zero-order chi connectivity index (χ0) is 20.4. The maximum Gasteiger partial charge on any atom is 0.277 e. The summed E-state index contributed by atoms with van der Waals surface area (Å²) in [5, 5.41) is 3.04. The van der Waals surface area contributed by atoms with Crippen LogP contribution in [0.1, 0.15) is 57.4 Å². The molecule has 0 spiro atoms. The van der Waals surface area contributed by atoms with Gasteiger partial charge in [-0.25, -0.2) is 4.68 Å². The van der Waals surface area contributed by atoms with Crippen LogP contribution in [0, 0.1) is 12.8 Å². The third kappa shape index (κ3) is 4.22. The number of nitrogens with zero attached hydrogens (tertiary/aromatic N) is 2. The van der Waals surface area contributed by atoms with Crippen LogP contribution in [0.5, 0.6) is 0 Å². The zero-order valence-corrected chi connectivity index (χ0v) is 17.4. The maximum atomic E-state index is 13.3. The smallest absolute Gasteiger partial charge is 0.277 e. The molecule has 2 aromatic rings. The summed E-state index contributed by atoms with van der Waals surface area (Å²) in [6.07, 6.45) is 2.01. The summed E-state index contributed by atoms with van der Waals surface area (Å²) in [6.45, 7) is 7.82. The van der Waals surface area contributed by atoms with E-state index < -0.39 is 0 Å². The Hall–Kier alpha value is -2.34. The van der Waals surface area contributed by atoms with Crippen LogP contribution in [0.3, 0.4) is 0 Å². The molecule has 6 heteroatoms. The number of amides is 1. The number of hydrogen-bond donors (Lipinski definition) is 1. The summed E-state index contributed by atoms with van der Waals surface area (Å²) < 4.78 is 9.96. The minimum atomic E-state index is -0.321. The molecule has 1 fully saturated rings. The van der Waals surface area contributed by atoms with Gasteiger partial charge in [0.1, 0.15) is 0 Å². The van der Waals surface area contributed by atoms with Crippen molar-refractivity contribution in [2.75, 3.05) is 0 Å². The summed E-state index contributed by atoms with van der Waals surface area (Å²) in [6, 6.07) is 9.65. The molecule has 152 valence electrons. The van der Waals surface area contributed by atoms with E-state index in [4.69, 9.17) is 4.74 Å². The van der Waals surface area contributed by atoms with Gasteiger partial charge in [-0.1, -0.05) is 32.0 Å². The Labute approximate surface area is 166 Å². The van der Waals surface area contributed by atoms with Gasteiger partial charge in [0.15, 0.2) is 0 Å². The Kier molecular flexibility index (Phi) is 6.08. The summed E-state index contributed by atoms with van der Waals surface area (Å²) in [5.74, 6) is 0.444. The van der Waals surface area contributed by atoms with E-state index in [1.54, 1.807) is 4.68 Å². The molecule has 1 aliphatic heterocycles. The SMILES string of the molecule is CC(=O)N[C@@H]1C[C@H](CC(C)C)O[C@H](c2c(C)n(C)n(-c3ccccc3)c2=O)C1. The fraction of sp³-hybridized carbons (Fsp3) is 0.545. The van der Waals surface area contributed by atoms with Crippen molar-refractivity contribution < 1.29 is 9.53 Å². The molecule has 1 aromatic heterocycles. The van der Waals surface area contributed by atoms with Gasteiger partial charge in [0.2, 0.25) is 5.91 Å². The van der Waals surface area contributed by atoms with Gasteiger partial charge in [-0.2, -0.15) is 0 Å². The van der Waals surface area contributed by atoms with Crippen LogP contribution >= 0.6 is 0 Å². The first-order chi connectivity index (χ1) is 13.3. The second kappa shape index (κ2) is 8.35. The lowest BCUT2D eigenvalue weighted by Gasteiger charge is -2.36. The van der Waals surface area contributed by atoms with Crippen molar-refractivity contribution in [3.05, 3.63) is 51.9 Å². The quantitative estimate of drug-likeness (QED) is 0.859. The molecule has 0 unspecified atom stereocenters. The van der Waals surface area contributed by atoms with Crippen molar-refractivity contribution in [1.82, 2.24) is 14.7 Å². The van der Waals surface area contributed by atoms with Gasteiger partial charge in [-0.05, 0) is 44.2 Å². The van der Waals surface area contributed by atoms with Crippen LogP contribution in [-0.4, -0.2) is 27.4 Å². The van der Waals surface area contributed by atoms with E-state index in [1.807, 2.05) is 49.0 Å². The average Bonchev–Trinajstić information content (AvgIpc) is 2.83. The minimum Gasteiger partial charge on any atom is -0.370 e. The fourth-order valence-corrected chi connectivity index (χ4v) is 4.24. The average molecular weight is 386 g/mol. The summed E-state index contributed by atoms with van der Waals surface area (Å²) in [7, 11) is 1.90. The Morgan fingerprint density at radius 3 is 2.54 bits per heavy atom. The van der Waals surface area contributed by atoms with Crippen LogP contribution in [0.15, 0.2) is 35.1 Å². The number of ether oxygens (including phenoxy) is 1. The minimum absolute atomic E-state index is 0.0178. The van der Waals surface area contributed by atoms with Crippen LogP contribution in [0.2, 0.25) is 0 Å². The lowest BCUT2D eigenvalue weighted by Crippen LogP contribution is -2.43. The number of carbonyl (C=O) groups excluding carboxylic acids is 1.